The standard InChI is InChI=1S/C21H22N4O4/c26-18-8-6-15(22-23-18)7-9-19(27)24-11-10-21-17(24)12-20(28)25(21)13-16(29-21)14-4-2-1-3-5-14/h1-6,8,16-17H,7,9-13H2,(H,23,26)/t16-,17-,21+/m1/s1. The Bertz CT molecular complexity index is 987. The van der Waals surface area contributed by atoms with Gasteiger partial charge in [0.2, 0.25) is 11.8 Å². The maximum atomic E-state index is 12.9. The molecule has 0 radical (unpaired) electrons. The summed E-state index contributed by atoms with van der Waals surface area (Å²) >= 11 is 0. The lowest BCUT2D eigenvalue weighted by molar-refractivity contribution is -0.142. The van der Waals surface area contributed by atoms with Crippen LogP contribution in [0.4, 0.5) is 0 Å². The number of carbonyl (C=O) groups is 2. The number of aromatic amines is 1. The minimum Gasteiger partial charge on any atom is -0.343 e. The topological polar surface area (TPSA) is 95.6 Å². The second-order valence-electron chi connectivity index (χ2n) is 7.84. The normalized spacial score (nSPS) is 27.9. The summed E-state index contributed by atoms with van der Waals surface area (Å²) < 4.78 is 6.47. The number of aromatic nitrogens is 2. The molecule has 0 bridgehead atoms. The molecule has 3 atom stereocenters. The van der Waals surface area contributed by atoms with Gasteiger partial charge in [-0.3, -0.25) is 14.4 Å². The Kier molecular flexibility index (Phi) is 4.24. The van der Waals surface area contributed by atoms with Crippen LogP contribution in [0.15, 0.2) is 47.3 Å². The van der Waals surface area contributed by atoms with Crippen LogP contribution in [0, 0.1) is 0 Å². The van der Waals surface area contributed by atoms with Gasteiger partial charge in [-0.05, 0) is 11.6 Å². The number of likely N-dealkylation sites (tertiary alicyclic amines) is 1. The molecule has 5 rings (SSSR count). The third-order valence-corrected chi connectivity index (χ3v) is 6.25. The van der Waals surface area contributed by atoms with Crippen LogP contribution in [0.25, 0.3) is 0 Å². The highest BCUT2D eigenvalue weighted by molar-refractivity contribution is 5.84. The Morgan fingerprint density at radius 2 is 2.03 bits per heavy atom. The first-order valence-electron chi connectivity index (χ1n) is 9.94. The zero-order chi connectivity index (χ0) is 20.0. The monoisotopic (exact) mass is 394 g/mol. The Morgan fingerprint density at radius 1 is 1.21 bits per heavy atom. The molecular weight excluding hydrogens is 372 g/mol. The molecule has 1 aromatic carbocycles. The zero-order valence-electron chi connectivity index (χ0n) is 15.9. The minimum atomic E-state index is -0.705. The smallest absolute Gasteiger partial charge is 0.264 e. The number of rotatable bonds is 4. The number of carbonyl (C=O) groups excluding carboxylic acids is 2. The molecule has 3 saturated heterocycles. The van der Waals surface area contributed by atoms with E-state index in [0.717, 1.165) is 5.56 Å². The van der Waals surface area contributed by atoms with Crippen LogP contribution in [0.1, 0.15) is 36.6 Å². The van der Waals surface area contributed by atoms with Gasteiger partial charge in [-0.1, -0.05) is 30.3 Å². The van der Waals surface area contributed by atoms with Crippen molar-refractivity contribution in [3.05, 3.63) is 64.1 Å². The fourth-order valence-corrected chi connectivity index (χ4v) is 4.86. The second kappa shape index (κ2) is 6.81. The third kappa shape index (κ3) is 2.95. The largest absolute Gasteiger partial charge is 0.343 e. The number of hydrogen-bond donors (Lipinski definition) is 1. The number of hydrogen-bond acceptors (Lipinski definition) is 5. The molecule has 8 nitrogen and oxygen atoms in total. The molecule has 1 aromatic heterocycles. The summed E-state index contributed by atoms with van der Waals surface area (Å²) in [6.45, 7) is 1.11. The van der Waals surface area contributed by atoms with E-state index >= 15 is 0 Å². The van der Waals surface area contributed by atoms with E-state index < -0.39 is 5.72 Å². The van der Waals surface area contributed by atoms with Crippen molar-refractivity contribution in [2.24, 2.45) is 0 Å². The van der Waals surface area contributed by atoms with Gasteiger partial charge in [-0.15, -0.1) is 0 Å². The zero-order valence-corrected chi connectivity index (χ0v) is 15.9. The maximum absolute atomic E-state index is 12.9. The second-order valence-corrected chi connectivity index (χ2v) is 7.84. The van der Waals surface area contributed by atoms with E-state index in [9.17, 15) is 14.4 Å². The predicted molar refractivity (Wildman–Crippen MR) is 103 cm³/mol. The number of benzene rings is 1. The molecular formula is C21H22N4O4. The molecule has 3 fully saturated rings. The van der Waals surface area contributed by atoms with Crippen molar-refractivity contribution in [3.63, 3.8) is 0 Å². The van der Waals surface area contributed by atoms with Gasteiger partial charge in [0.15, 0.2) is 5.72 Å². The van der Waals surface area contributed by atoms with Gasteiger partial charge in [0.25, 0.3) is 5.56 Å². The number of H-pyrrole nitrogens is 1. The summed E-state index contributed by atoms with van der Waals surface area (Å²) in [4.78, 5) is 40.4. The van der Waals surface area contributed by atoms with Crippen molar-refractivity contribution in [2.75, 3.05) is 13.1 Å². The van der Waals surface area contributed by atoms with E-state index in [1.165, 1.54) is 6.07 Å². The van der Waals surface area contributed by atoms with Crippen molar-refractivity contribution < 1.29 is 14.3 Å². The van der Waals surface area contributed by atoms with Crippen molar-refractivity contribution in [3.8, 4) is 0 Å². The van der Waals surface area contributed by atoms with Crippen LogP contribution in [-0.2, 0) is 20.7 Å². The van der Waals surface area contributed by atoms with Crippen molar-refractivity contribution in [1.29, 1.82) is 0 Å². The van der Waals surface area contributed by atoms with E-state index in [4.69, 9.17) is 4.74 Å². The number of ether oxygens (including phenoxy) is 1. The van der Waals surface area contributed by atoms with E-state index in [1.54, 1.807) is 11.0 Å². The lowest BCUT2D eigenvalue weighted by atomic mass is 10.1. The van der Waals surface area contributed by atoms with Crippen LogP contribution < -0.4 is 5.56 Å². The molecule has 29 heavy (non-hydrogen) atoms. The highest BCUT2D eigenvalue weighted by Gasteiger charge is 2.64. The van der Waals surface area contributed by atoms with E-state index in [1.807, 2.05) is 35.2 Å². The van der Waals surface area contributed by atoms with Crippen molar-refractivity contribution in [1.82, 2.24) is 20.0 Å². The summed E-state index contributed by atoms with van der Waals surface area (Å²) in [6, 6.07) is 12.7. The highest BCUT2D eigenvalue weighted by Crippen LogP contribution is 2.50. The average Bonchev–Trinajstić information content (AvgIpc) is 3.36. The molecule has 2 amide bonds. The van der Waals surface area contributed by atoms with Gasteiger partial charge in [0, 0.05) is 31.9 Å². The molecule has 8 heteroatoms. The van der Waals surface area contributed by atoms with Gasteiger partial charge in [-0.2, -0.15) is 5.10 Å². The number of nitrogens with one attached hydrogen (secondary N) is 1. The highest BCUT2D eigenvalue weighted by atomic mass is 16.5. The van der Waals surface area contributed by atoms with E-state index in [0.29, 0.717) is 38.0 Å². The maximum Gasteiger partial charge on any atom is 0.264 e. The van der Waals surface area contributed by atoms with Gasteiger partial charge >= 0.3 is 0 Å². The third-order valence-electron chi connectivity index (χ3n) is 6.25. The summed E-state index contributed by atoms with van der Waals surface area (Å²) in [5.41, 5.74) is 0.746. The Morgan fingerprint density at radius 3 is 2.79 bits per heavy atom. The summed E-state index contributed by atoms with van der Waals surface area (Å²) in [6.07, 6.45) is 1.50. The number of aryl methyl sites for hydroxylation is 1. The molecule has 3 aliphatic heterocycles. The molecule has 4 heterocycles. The van der Waals surface area contributed by atoms with Crippen LogP contribution in [0.2, 0.25) is 0 Å². The fraction of sp³-hybridized carbons (Fsp3) is 0.429. The lowest BCUT2D eigenvalue weighted by Crippen LogP contribution is -2.48. The molecule has 1 N–H and O–H groups in total. The number of amides is 2. The van der Waals surface area contributed by atoms with Crippen LogP contribution in [-0.4, -0.2) is 56.7 Å². The predicted octanol–water partition coefficient (Wildman–Crippen LogP) is 1.00. The number of nitrogens with zero attached hydrogens (tertiary/aromatic N) is 3. The van der Waals surface area contributed by atoms with Crippen molar-refractivity contribution in [2.45, 2.75) is 43.6 Å². The molecule has 3 aliphatic rings. The fourth-order valence-electron chi connectivity index (χ4n) is 4.86. The minimum absolute atomic E-state index is 0.0127. The van der Waals surface area contributed by atoms with Gasteiger partial charge < -0.3 is 14.5 Å². The first-order chi connectivity index (χ1) is 14.1. The Balaban J connectivity index is 1.31. The molecule has 0 aliphatic carbocycles. The summed E-state index contributed by atoms with van der Waals surface area (Å²) in [5.74, 6) is 0.0366. The Labute approximate surface area is 167 Å². The van der Waals surface area contributed by atoms with Crippen LogP contribution in [0.3, 0.4) is 0 Å². The van der Waals surface area contributed by atoms with Crippen molar-refractivity contribution >= 4 is 11.8 Å². The summed E-state index contributed by atoms with van der Waals surface area (Å²) in [5, 5.41) is 6.34. The van der Waals surface area contributed by atoms with Gasteiger partial charge in [0.1, 0.15) is 6.10 Å². The van der Waals surface area contributed by atoms with E-state index in [-0.39, 0.29) is 35.9 Å². The molecule has 150 valence electrons. The van der Waals surface area contributed by atoms with Crippen LogP contribution in [0.5, 0.6) is 0 Å². The first-order valence-corrected chi connectivity index (χ1v) is 9.94. The quantitative estimate of drug-likeness (QED) is 0.835. The molecule has 2 aromatic rings. The van der Waals surface area contributed by atoms with Gasteiger partial charge in [0.05, 0.1) is 24.7 Å². The molecule has 0 saturated carbocycles. The lowest BCUT2D eigenvalue weighted by Gasteiger charge is -2.32. The van der Waals surface area contributed by atoms with Gasteiger partial charge in [-0.25, -0.2) is 5.10 Å². The average molecular weight is 394 g/mol. The summed E-state index contributed by atoms with van der Waals surface area (Å²) in [7, 11) is 0. The Hall–Kier alpha value is -3.00. The van der Waals surface area contributed by atoms with Crippen LogP contribution >= 0.6 is 0 Å². The SMILES string of the molecule is O=C(CCc1ccc(=O)[nH]n1)N1CC[C@@]23O[C@@H](c4ccccc4)CN2C(=O)C[C@@H]13. The van der Waals surface area contributed by atoms with E-state index in [2.05, 4.69) is 10.2 Å². The molecule has 0 unspecified atom stereocenters. The first kappa shape index (κ1) is 18.1. The molecule has 1 spiro atoms.